The molecule has 0 saturated carbocycles. The fourth-order valence-corrected chi connectivity index (χ4v) is 4.61. The van der Waals surface area contributed by atoms with Crippen LogP contribution in [0.15, 0.2) is 54.6 Å². The molecule has 2 aliphatic rings. The average Bonchev–Trinajstić information content (AvgIpc) is 2.84. The standard InChI is InChI=1S/C18H18OS/c1-2-6-14(7-3-1)17-15-8-4-5-9-16(15)18(19-17)10-12-20-13-11-18/h1-9,17H,10-13H2. The molecule has 2 aromatic carbocycles. The van der Waals surface area contributed by atoms with Gasteiger partial charge in [0.25, 0.3) is 0 Å². The quantitative estimate of drug-likeness (QED) is 0.760. The molecule has 1 spiro atoms. The van der Waals surface area contributed by atoms with E-state index in [-0.39, 0.29) is 11.7 Å². The molecule has 1 nitrogen and oxygen atoms in total. The second-order valence-corrected chi connectivity index (χ2v) is 6.83. The van der Waals surface area contributed by atoms with Crippen LogP contribution in [0.1, 0.15) is 35.6 Å². The van der Waals surface area contributed by atoms with Gasteiger partial charge in [-0.15, -0.1) is 0 Å². The molecule has 4 rings (SSSR count). The average molecular weight is 282 g/mol. The van der Waals surface area contributed by atoms with E-state index >= 15 is 0 Å². The topological polar surface area (TPSA) is 9.23 Å². The Labute approximate surface area is 124 Å². The lowest BCUT2D eigenvalue weighted by atomic mass is 9.86. The van der Waals surface area contributed by atoms with Crippen LogP contribution in [0.25, 0.3) is 0 Å². The van der Waals surface area contributed by atoms with E-state index in [1.54, 1.807) is 0 Å². The van der Waals surface area contributed by atoms with Crippen molar-refractivity contribution >= 4 is 11.8 Å². The summed E-state index contributed by atoms with van der Waals surface area (Å²) < 4.78 is 6.63. The smallest absolute Gasteiger partial charge is 0.109 e. The molecule has 1 atom stereocenters. The molecule has 1 fully saturated rings. The minimum absolute atomic E-state index is 0.0393. The van der Waals surface area contributed by atoms with E-state index in [0.717, 1.165) is 12.8 Å². The van der Waals surface area contributed by atoms with Gasteiger partial charge in [-0.25, -0.2) is 0 Å². The number of ether oxygens (including phenoxy) is 1. The lowest BCUT2D eigenvalue weighted by Gasteiger charge is -2.34. The third-order valence-corrected chi connectivity index (χ3v) is 5.47. The Balaban J connectivity index is 1.81. The van der Waals surface area contributed by atoms with Crippen molar-refractivity contribution < 1.29 is 4.74 Å². The molecule has 0 bridgehead atoms. The molecule has 2 aromatic rings. The third kappa shape index (κ3) is 1.90. The summed E-state index contributed by atoms with van der Waals surface area (Å²) in [6, 6.07) is 19.4. The molecule has 1 unspecified atom stereocenters. The van der Waals surface area contributed by atoms with Crippen molar-refractivity contribution in [2.24, 2.45) is 0 Å². The van der Waals surface area contributed by atoms with Gasteiger partial charge < -0.3 is 4.74 Å². The summed E-state index contributed by atoms with van der Waals surface area (Å²) in [6.45, 7) is 0. The van der Waals surface area contributed by atoms with E-state index in [4.69, 9.17) is 4.74 Å². The Morgan fingerprint density at radius 1 is 0.900 bits per heavy atom. The second-order valence-electron chi connectivity index (χ2n) is 5.60. The minimum atomic E-state index is -0.0393. The van der Waals surface area contributed by atoms with Gasteiger partial charge in [-0.2, -0.15) is 11.8 Å². The first kappa shape index (κ1) is 12.5. The van der Waals surface area contributed by atoms with Crippen LogP contribution in [0, 0.1) is 0 Å². The number of thioether (sulfide) groups is 1. The van der Waals surface area contributed by atoms with Crippen LogP contribution < -0.4 is 0 Å². The molecule has 0 radical (unpaired) electrons. The highest BCUT2D eigenvalue weighted by Crippen LogP contribution is 2.52. The third-order valence-electron chi connectivity index (χ3n) is 4.48. The molecule has 0 amide bonds. The molecule has 2 aliphatic heterocycles. The van der Waals surface area contributed by atoms with E-state index in [1.807, 2.05) is 11.8 Å². The summed E-state index contributed by atoms with van der Waals surface area (Å²) >= 11 is 2.05. The van der Waals surface area contributed by atoms with Crippen LogP contribution in [-0.4, -0.2) is 11.5 Å². The maximum Gasteiger partial charge on any atom is 0.109 e. The predicted octanol–water partition coefficient (Wildman–Crippen LogP) is 4.53. The Morgan fingerprint density at radius 3 is 2.40 bits per heavy atom. The molecule has 102 valence electrons. The molecule has 1 saturated heterocycles. The highest BCUT2D eigenvalue weighted by Gasteiger charge is 2.45. The molecule has 0 aromatic heterocycles. The fraction of sp³-hybridized carbons (Fsp3) is 0.333. The number of benzene rings is 2. The van der Waals surface area contributed by atoms with E-state index in [2.05, 4.69) is 54.6 Å². The van der Waals surface area contributed by atoms with Crippen molar-refractivity contribution in [2.45, 2.75) is 24.5 Å². The summed E-state index contributed by atoms with van der Waals surface area (Å²) in [6.07, 6.45) is 2.38. The first-order valence-corrected chi connectivity index (χ1v) is 8.44. The highest BCUT2D eigenvalue weighted by molar-refractivity contribution is 7.99. The van der Waals surface area contributed by atoms with Gasteiger partial charge in [-0.3, -0.25) is 0 Å². The number of fused-ring (bicyclic) bond motifs is 2. The van der Waals surface area contributed by atoms with Crippen LogP contribution in [0.3, 0.4) is 0 Å². The number of rotatable bonds is 1. The van der Waals surface area contributed by atoms with Gasteiger partial charge in [-0.05, 0) is 41.0 Å². The zero-order valence-corrected chi connectivity index (χ0v) is 12.2. The van der Waals surface area contributed by atoms with Crippen molar-refractivity contribution in [3.63, 3.8) is 0 Å². The lowest BCUT2D eigenvalue weighted by molar-refractivity contribution is -0.0667. The molecule has 2 heterocycles. The first-order valence-electron chi connectivity index (χ1n) is 7.29. The van der Waals surface area contributed by atoms with E-state index in [1.165, 1.54) is 28.2 Å². The zero-order chi connectivity index (χ0) is 13.4. The number of hydrogen-bond acceptors (Lipinski definition) is 2. The van der Waals surface area contributed by atoms with Crippen molar-refractivity contribution in [2.75, 3.05) is 11.5 Å². The Kier molecular flexibility index (Phi) is 3.08. The van der Waals surface area contributed by atoms with Crippen molar-refractivity contribution in [3.05, 3.63) is 71.3 Å². The Hall–Kier alpha value is -1.25. The lowest BCUT2D eigenvalue weighted by Crippen LogP contribution is -2.30. The van der Waals surface area contributed by atoms with Gasteiger partial charge in [0.2, 0.25) is 0 Å². The van der Waals surface area contributed by atoms with Gasteiger partial charge >= 0.3 is 0 Å². The van der Waals surface area contributed by atoms with E-state index in [0.29, 0.717) is 0 Å². The highest BCUT2D eigenvalue weighted by atomic mass is 32.2. The largest absolute Gasteiger partial charge is 0.358 e. The monoisotopic (exact) mass is 282 g/mol. The van der Waals surface area contributed by atoms with Gasteiger partial charge in [0.05, 0.1) is 5.60 Å². The van der Waals surface area contributed by atoms with Gasteiger partial charge in [-0.1, -0.05) is 54.6 Å². The molecule has 20 heavy (non-hydrogen) atoms. The molecule has 2 heteroatoms. The summed E-state index contributed by atoms with van der Waals surface area (Å²) in [4.78, 5) is 0. The van der Waals surface area contributed by atoms with Gasteiger partial charge in [0.1, 0.15) is 6.10 Å². The Morgan fingerprint density at radius 2 is 1.60 bits per heavy atom. The summed E-state index contributed by atoms with van der Waals surface area (Å²) in [7, 11) is 0. The Bertz CT molecular complexity index is 602. The van der Waals surface area contributed by atoms with Crippen molar-refractivity contribution in [3.8, 4) is 0 Å². The maximum absolute atomic E-state index is 6.63. The minimum Gasteiger partial charge on any atom is -0.358 e. The van der Waals surface area contributed by atoms with Crippen LogP contribution in [0.2, 0.25) is 0 Å². The normalized spacial score (nSPS) is 23.7. The SMILES string of the molecule is c1ccc(C2OC3(CCSCC3)c3ccccc32)cc1. The van der Waals surface area contributed by atoms with Crippen LogP contribution in [0.4, 0.5) is 0 Å². The maximum atomic E-state index is 6.63. The first-order chi connectivity index (χ1) is 9.89. The second kappa shape index (κ2) is 4.94. The molecular weight excluding hydrogens is 264 g/mol. The molecular formula is C18H18OS. The van der Waals surface area contributed by atoms with E-state index in [9.17, 15) is 0 Å². The number of hydrogen-bond donors (Lipinski definition) is 0. The fourth-order valence-electron chi connectivity index (χ4n) is 3.46. The van der Waals surface area contributed by atoms with Gasteiger partial charge in [0, 0.05) is 0 Å². The van der Waals surface area contributed by atoms with Crippen molar-refractivity contribution in [1.29, 1.82) is 0 Å². The summed E-state index contributed by atoms with van der Waals surface area (Å²) in [5.41, 5.74) is 4.03. The van der Waals surface area contributed by atoms with Crippen molar-refractivity contribution in [1.82, 2.24) is 0 Å². The zero-order valence-electron chi connectivity index (χ0n) is 11.4. The summed E-state index contributed by atoms with van der Waals surface area (Å²) in [5, 5.41) is 0. The van der Waals surface area contributed by atoms with Crippen LogP contribution in [-0.2, 0) is 10.3 Å². The predicted molar refractivity (Wildman–Crippen MR) is 84.0 cm³/mol. The summed E-state index contributed by atoms with van der Waals surface area (Å²) in [5.74, 6) is 2.41. The van der Waals surface area contributed by atoms with Crippen LogP contribution in [0.5, 0.6) is 0 Å². The van der Waals surface area contributed by atoms with Crippen LogP contribution >= 0.6 is 11.8 Å². The molecule has 0 aliphatic carbocycles. The van der Waals surface area contributed by atoms with Gasteiger partial charge in [0.15, 0.2) is 0 Å². The molecule has 0 N–H and O–H groups in total. The van der Waals surface area contributed by atoms with E-state index < -0.39 is 0 Å².